The largest absolute Gasteiger partial charge is 0.481 e. The summed E-state index contributed by atoms with van der Waals surface area (Å²) >= 11 is 0. The summed E-state index contributed by atoms with van der Waals surface area (Å²) in [5, 5.41) is 9.49. The molecular formula is C14H27N3O3. The van der Waals surface area contributed by atoms with E-state index < -0.39 is 11.4 Å². The Bertz CT molecular complexity index is 371. The fourth-order valence-electron chi connectivity index (χ4n) is 2.58. The van der Waals surface area contributed by atoms with E-state index in [1.807, 2.05) is 32.8 Å². The highest BCUT2D eigenvalue weighted by molar-refractivity contribution is 5.80. The zero-order valence-corrected chi connectivity index (χ0v) is 13.2. The van der Waals surface area contributed by atoms with Gasteiger partial charge in [-0.15, -0.1) is 0 Å². The Hall–Kier alpha value is -1.30. The Morgan fingerprint density at radius 2 is 1.85 bits per heavy atom. The van der Waals surface area contributed by atoms with Crippen molar-refractivity contribution in [2.24, 2.45) is 11.3 Å². The summed E-state index contributed by atoms with van der Waals surface area (Å²) in [6.07, 6.45) is 0.535. The molecule has 1 aliphatic heterocycles. The van der Waals surface area contributed by atoms with Crippen molar-refractivity contribution in [3.63, 3.8) is 0 Å². The minimum Gasteiger partial charge on any atom is -0.481 e. The maximum Gasteiger partial charge on any atom is 0.319 e. The van der Waals surface area contributed by atoms with Gasteiger partial charge in [0.2, 0.25) is 0 Å². The fraction of sp³-hybridized carbons (Fsp3) is 0.857. The van der Waals surface area contributed by atoms with Gasteiger partial charge in [0.1, 0.15) is 0 Å². The van der Waals surface area contributed by atoms with Crippen molar-refractivity contribution in [2.45, 2.75) is 20.3 Å². The fourth-order valence-corrected chi connectivity index (χ4v) is 2.58. The zero-order valence-electron chi connectivity index (χ0n) is 13.2. The van der Waals surface area contributed by atoms with Gasteiger partial charge in [-0.2, -0.15) is 0 Å². The number of hydrogen-bond donors (Lipinski definition) is 1. The molecular weight excluding hydrogens is 258 g/mol. The maximum absolute atomic E-state index is 12.3. The van der Waals surface area contributed by atoms with Crippen LogP contribution in [0, 0.1) is 11.3 Å². The second kappa shape index (κ2) is 6.43. The van der Waals surface area contributed by atoms with Gasteiger partial charge in [-0.05, 0) is 26.4 Å². The van der Waals surface area contributed by atoms with Gasteiger partial charge in [0.15, 0.2) is 0 Å². The molecule has 0 aromatic carbocycles. The van der Waals surface area contributed by atoms with Crippen molar-refractivity contribution in [1.82, 2.24) is 14.7 Å². The van der Waals surface area contributed by atoms with E-state index in [0.717, 1.165) is 6.54 Å². The topological polar surface area (TPSA) is 64.1 Å². The number of nitrogens with zero attached hydrogens (tertiary/aromatic N) is 3. The van der Waals surface area contributed by atoms with Crippen molar-refractivity contribution in [1.29, 1.82) is 0 Å². The molecule has 1 fully saturated rings. The molecule has 1 atom stereocenters. The average molecular weight is 285 g/mol. The van der Waals surface area contributed by atoms with E-state index in [4.69, 9.17) is 0 Å². The number of rotatable bonds is 5. The third-order valence-corrected chi connectivity index (χ3v) is 4.31. The van der Waals surface area contributed by atoms with Crippen LogP contribution in [0.15, 0.2) is 0 Å². The van der Waals surface area contributed by atoms with Crippen molar-refractivity contribution < 1.29 is 14.7 Å². The first kappa shape index (κ1) is 16.8. The summed E-state index contributed by atoms with van der Waals surface area (Å²) in [6.45, 7) is 6.10. The van der Waals surface area contributed by atoms with Crippen molar-refractivity contribution in [3.05, 3.63) is 0 Å². The first-order chi connectivity index (χ1) is 9.20. The molecule has 0 bridgehead atoms. The highest BCUT2D eigenvalue weighted by atomic mass is 16.4. The molecule has 0 aliphatic carbocycles. The van der Waals surface area contributed by atoms with Crippen LogP contribution in [-0.4, -0.2) is 79.1 Å². The summed E-state index contributed by atoms with van der Waals surface area (Å²) in [6, 6.07) is -0.0735. The standard InChI is InChI=1S/C14H27N3O3/c1-11(2)14(12(18)19)6-7-17(10-14)13(20)16(5)9-8-15(3)4/h11H,6-10H2,1-5H3,(H,18,19). The molecule has 1 N–H and O–H groups in total. The molecule has 6 heteroatoms. The zero-order chi connectivity index (χ0) is 15.5. The van der Waals surface area contributed by atoms with Crippen LogP contribution in [0.1, 0.15) is 20.3 Å². The molecule has 2 amide bonds. The number of aliphatic carboxylic acids is 1. The summed E-state index contributed by atoms with van der Waals surface area (Å²) in [5.74, 6) is -0.774. The van der Waals surface area contributed by atoms with Crippen molar-refractivity contribution in [2.75, 3.05) is 47.3 Å². The SMILES string of the molecule is CC(C)C1(C(=O)O)CCN(C(=O)N(C)CCN(C)C)C1. The molecule has 1 unspecified atom stereocenters. The number of urea groups is 1. The summed E-state index contributed by atoms with van der Waals surface area (Å²) in [4.78, 5) is 29.2. The van der Waals surface area contributed by atoms with Crippen molar-refractivity contribution >= 4 is 12.0 Å². The van der Waals surface area contributed by atoms with Crippen LogP contribution in [0.25, 0.3) is 0 Å². The number of carboxylic acid groups (broad SMARTS) is 1. The van der Waals surface area contributed by atoms with E-state index in [0.29, 0.717) is 26.1 Å². The molecule has 1 heterocycles. The van der Waals surface area contributed by atoms with Gasteiger partial charge in [-0.3, -0.25) is 4.79 Å². The highest BCUT2D eigenvalue weighted by Gasteiger charge is 2.48. The van der Waals surface area contributed by atoms with Gasteiger partial charge < -0.3 is 19.8 Å². The smallest absolute Gasteiger partial charge is 0.319 e. The minimum atomic E-state index is -0.794. The first-order valence-electron chi connectivity index (χ1n) is 7.09. The molecule has 0 spiro atoms. The van der Waals surface area contributed by atoms with Gasteiger partial charge in [-0.1, -0.05) is 13.8 Å². The van der Waals surface area contributed by atoms with Crippen LogP contribution in [0.2, 0.25) is 0 Å². The van der Waals surface area contributed by atoms with Crippen molar-refractivity contribution in [3.8, 4) is 0 Å². The van der Waals surface area contributed by atoms with E-state index >= 15 is 0 Å². The van der Waals surface area contributed by atoms with Gasteiger partial charge >= 0.3 is 12.0 Å². The van der Waals surface area contributed by atoms with Gasteiger partial charge in [0, 0.05) is 33.2 Å². The van der Waals surface area contributed by atoms with Gasteiger partial charge in [-0.25, -0.2) is 4.79 Å². The lowest BCUT2D eigenvalue weighted by atomic mass is 9.76. The number of carboxylic acids is 1. The maximum atomic E-state index is 12.3. The molecule has 116 valence electrons. The lowest BCUT2D eigenvalue weighted by Gasteiger charge is -2.30. The Kier molecular flexibility index (Phi) is 5.39. The van der Waals surface area contributed by atoms with E-state index in [1.165, 1.54) is 0 Å². The Balaban J connectivity index is 2.67. The predicted octanol–water partition coefficient (Wildman–Crippen LogP) is 1.03. The quantitative estimate of drug-likeness (QED) is 0.819. The second-order valence-electron chi connectivity index (χ2n) is 6.29. The second-order valence-corrected chi connectivity index (χ2v) is 6.29. The number of likely N-dealkylation sites (N-methyl/N-ethyl adjacent to an activating group) is 2. The van der Waals surface area contributed by atoms with Crippen LogP contribution >= 0.6 is 0 Å². The van der Waals surface area contributed by atoms with E-state index in [-0.39, 0.29) is 11.9 Å². The lowest BCUT2D eigenvalue weighted by Crippen LogP contribution is -2.45. The number of hydrogen-bond acceptors (Lipinski definition) is 3. The molecule has 0 saturated carbocycles. The Morgan fingerprint density at radius 1 is 1.25 bits per heavy atom. The predicted molar refractivity (Wildman–Crippen MR) is 77.7 cm³/mol. The molecule has 1 saturated heterocycles. The number of amides is 2. The monoisotopic (exact) mass is 285 g/mol. The summed E-state index contributed by atoms with van der Waals surface area (Å²) < 4.78 is 0. The molecule has 1 rings (SSSR count). The summed E-state index contributed by atoms with van der Waals surface area (Å²) in [5.41, 5.74) is -0.794. The van der Waals surface area contributed by atoms with Crippen LogP contribution in [-0.2, 0) is 4.79 Å². The third-order valence-electron chi connectivity index (χ3n) is 4.31. The highest BCUT2D eigenvalue weighted by Crippen LogP contribution is 2.38. The van der Waals surface area contributed by atoms with E-state index in [9.17, 15) is 14.7 Å². The number of carbonyl (C=O) groups excluding carboxylic acids is 1. The first-order valence-corrected chi connectivity index (χ1v) is 7.09. The van der Waals surface area contributed by atoms with Gasteiger partial charge in [0.05, 0.1) is 5.41 Å². The van der Waals surface area contributed by atoms with Crippen LogP contribution < -0.4 is 0 Å². The van der Waals surface area contributed by atoms with E-state index in [2.05, 4.69) is 0 Å². The lowest BCUT2D eigenvalue weighted by molar-refractivity contribution is -0.150. The molecule has 0 aromatic heterocycles. The minimum absolute atomic E-state index is 0.0184. The molecule has 6 nitrogen and oxygen atoms in total. The molecule has 1 aliphatic rings. The number of likely N-dealkylation sites (tertiary alicyclic amines) is 1. The van der Waals surface area contributed by atoms with Gasteiger partial charge in [0.25, 0.3) is 0 Å². The summed E-state index contributed by atoms with van der Waals surface area (Å²) in [7, 11) is 5.69. The van der Waals surface area contributed by atoms with Crippen LogP contribution in [0.5, 0.6) is 0 Å². The Morgan fingerprint density at radius 3 is 2.25 bits per heavy atom. The molecule has 20 heavy (non-hydrogen) atoms. The third kappa shape index (κ3) is 3.42. The van der Waals surface area contributed by atoms with Crippen LogP contribution in [0.4, 0.5) is 4.79 Å². The van der Waals surface area contributed by atoms with E-state index in [1.54, 1.807) is 16.8 Å². The molecule has 0 radical (unpaired) electrons. The normalized spacial score (nSPS) is 22.6. The Labute approximate surface area is 121 Å². The van der Waals surface area contributed by atoms with Crippen LogP contribution in [0.3, 0.4) is 0 Å². The average Bonchev–Trinajstić information content (AvgIpc) is 2.81. The number of carbonyl (C=O) groups is 2. The molecule has 0 aromatic rings.